The molecule has 0 unspecified atom stereocenters. The number of aliphatic carboxylic acids is 1. The maximum Gasteiger partial charge on any atom is 0.394 e. The van der Waals surface area contributed by atoms with Gasteiger partial charge in [-0.25, -0.2) is 14.8 Å². The van der Waals surface area contributed by atoms with Crippen molar-refractivity contribution in [2.24, 2.45) is 5.92 Å². The Morgan fingerprint density at radius 1 is 0.917 bits per heavy atom. The summed E-state index contributed by atoms with van der Waals surface area (Å²) in [7, 11) is 0. The van der Waals surface area contributed by atoms with Gasteiger partial charge in [0.1, 0.15) is 5.60 Å². The highest BCUT2D eigenvalue weighted by Gasteiger charge is 2.33. The van der Waals surface area contributed by atoms with E-state index in [9.17, 15) is 14.4 Å². The second kappa shape index (κ2) is 7.48. The second-order valence-corrected chi connectivity index (χ2v) is 7.31. The zero-order valence-electron chi connectivity index (χ0n) is 14.7. The van der Waals surface area contributed by atoms with Gasteiger partial charge in [-0.3, -0.25) is 9.59 Å². The van der Waals surface area contributed by atoms with Crippen LogP contribution in [-0.2, 0) is 19.1 Å². The summed E-state index contributed by atoms with van der Waals surface area (Å²) in [6.07, 6.45) is 1.51. The van der Waals surface area contributed by atoms with E-state index in [1.54, 1.807) is 0 Å². The van der Waals surface area contributed by atoms with Crippen molar-refractivity contribution in [3.63, 3.8) is 0 Å². The molecule has 0 aliphatic carbocycles. The summed E-state index contributed by atoms with van der Waals surface area (Å²) in [5, 5.41) is 13.1. The Hall–Kier alpha value is -1.67. The fourth-order valence-corrected chi connectivity index (χ4v) is 3.09. The Kier molecular flexibility index (Phi) is 5.82. The summed E-state index contributed by atoms with van der Waals surface area (Å²) in [6.45, 7) is 9.24. The predicted molar refractivity (Wildman–Crippen MR) is 85.9 cm³/mol. The Labute approximate surface area is 142 Å². The molecule has 136 valence electrons. The molecule has 1 amide bonds. The molecule has 2 rings (SSSR count). The molecule has 2 aliphatic heterocycles. The SMILES string of the molecule is CC(C)(C)OC(=O)C1CCN(N2CCN(C(=O)C(=O)O)CC2)CC1. The second-order valence-electron chi connectivity index (χ2n) is 7.31. The van der Waals surface area contributed by atoms with E-state index >= 15 is 0 Å². The van der Waals surface area contributed by atoms with Crippen molar-refractivity contribution in [1.29, 1.82) is 0 Å². The molecule has 0 bridgehead atoms. The number of carboxylic acid groups (broad SMARTS) is 1. The van der Waals surface area contributed by atoms with E-state index in [1.807, 2.05) is 20.8 Å². The van der Waals surface area contributed by atoms with Crippen molar-refractivity contribution in [3.8, 4) is 0 Å². The molecule has 0 aromatic carbocycles. The summed E-state index contributed by atoms with van der Waals surface area (Å²) in [4.78, 5) is 35.7. The topological polar surface area (TPSA) is 90.4 Å². The van der Waals surface area contributed by atoms with E-state index in [-0.39, 0.29) is 11.9 Å². The zero-order chi connectivity index (χ0) is 17.9. The number of hydrogen-bond acceptors (Lipinski definition) is 6. The number of hydrogen-bond donors (Lipinski definition) is 1. The van der Waals surface area contributed by atoms with E-state index in [0.29, 0.717) is 26.2 Å². The van der Waals surface area contributed by atoms with E-state index in [0.717, 1.165) is 25.9 Å². The number of hydrazine groups is 1. The lowest BCUT2D eigenvalue weighted by atomic mass is 9.97. The highest BCUT2D eigenvalue weighted by atomic mass is 16.6. The first-order valence-corrected chi connectivity index (χ1v) is 8.42. The van der Waals surface area contributed by atoms with Crippen molar-refractivity contribution >= 4 is 17.8 Å². The number of amides is 1. The molecule has 0 atom stereocenters. The third-order valence-corrected chi connectivity index (χ3v) is 4.34. The summed E-state index contributed by atoms with van der Waals surface area (Å²) in [6, 6.07) is 0. The zero-order valence-corrected chi connectivity index (χ0v) is 14.7. The molecule has 0 radical (unpaired) electrons. The minimum absolute atomic E-state index is 0.0599. The van der Waals surface area contributed by atoms with Crippen LogP contribution in [0.4, 0.5) is 0 Å². The van der Waals surface area contributed by atoms with Gasteiger partial charge in [0.15, 0.2) is 0 Å². The number of nitrogens with zero attached hydrogens (tertiary/aromatic N) is 3. The maximum absolute atomic E-state index is 12.1. The van der Waals surface area contributed by atoms with Crippen molar-refractivity contribution in [2.75, 3.05) is 39.3 Å². The molecular formula is C16H27N3O5. The fourth-order valence-electron chi connectivity index (χ4n) is 3.09. The minimum Gasteiger partial charge on any atom is -0.474 e. The summed E-state index contributed by atoms with van der Waals surface area (Å²) in [5.74, 6) is -2.42. The quantitative estimate of drug-likeness (QED) is 0.566. The molecule has 2 aliphatic rings. The van der Waals surface area contributed by atoms with Crippen LogP contribution >= 0.6 is 0 Å². The molecule has 2 fully saturated rings. The monoisotopic (exact) mass is 341 g/mol. The van der Waals surface area contributed by atoms with Crippen LogP contribution in [0.25, 0.3) is 0 Å². The summed E-state index contributed by atoms with van der Waals surface area (Å²) >= 11 is 0. The van der Waals surface area contributed by atoms with Gasteiger partial charge in [0, 0.05) is 39.3 Å². The third kappa shape index (κ3) is 4.91. The molecule has 0 aromatic rings. The average molecular weight is 341 g/mol. The lowest BCUT2D eigenvalue weighted by Crippen LogP contribution is -2.57. The first-order valence-electron chi connectivity index (χ1n) is 8.42. The smallest absolute Gasteiger partial charge is 0.394 e. The van der Waals surface area contributed by atoms with Crippen LogP contribution in [0, 0.1) is 5.92 Å². The fraction of sp³-hybridized carbons (Fsp3) is 0.812. The van der Waals surface area contributed by atoms with Gasteiger partial charge in [-0.15, -0.1) is 0 Å². The van der Waals surface area contributed by atoms with Crippen LogP contribution in [0.15, 0.2) is 0 Å². The van der Waals surface area contributed by atoms with Crippen LogP contribution < -0.4 is 0 Å². The third-order valence-electron chi connectivity index (χ3n) is 4.34. The van der Waals surface area contributed by atoms with Gasteiger partial charge in [0.05, 0.1) is 5.92 Å². The Morgan fingerprint density at radius 3 is 1.88 bits per heavy atom. The van der Waals surface area contributed by atoms with Crippen molar-refractivity contribution in [3.05, 3.63) is 0 Å². The number of carbonyl (C=O) groups is 3. The Morgan fingerprint density at radius 2 is 1.42 bits per heavy atom. The predicted octanol–water partition coefficient (Wildman–Crippen LogP) is 0.184. The number of carbonyl (C=O) groups excluding carboxylic acids is 2. The van der Waals surface area contributed by atoms with E-state index in [4.69, 9.17) is 9.84 Å². The van der Waals surface area contributed by atoms with Crippen LogP contribution in [0.3, 0.4) is 0 Å². The highest BCUT2D eigenvalue weighted by Crippen LogP contribution is 2.23. The molecule has 2 heterocycles. The standard InChI is InChI=1S/C16H27N3O5/c1-16(2,3)24-15(23)12-4-6-18(7-5-12)19-10-8-17(9-11-19)13(20)14(21)22/h12H,4-11H2,1-3H3,(H,21,22). The van der Waals surface area contributed by atoms with Gasteiger partial charge >= 0.3 is 17.8 Å². The lowest BCUT2D eigenvalue weighted by Gasteiger charge is -2.43. The van der Waals surface area contributed by atoms with Crippen LogP contribution in [-0.4, -0.2) is 82.7 Å². The van der Waals surface area contributed by atoms with E-state index in [1.165, 1.54) is 4.90 Å². The number of ether oxygens (including phenoxy) is 1. The van der Waals surface area contributed by atoms with E-state index < -0.39 is 17.5 Å². The van der Waals surface area contributed by atoms with Gasteiger partial charge in [-0.2, -0.15) is 0 Å². The highest BCUT2D eigenvalue weighted by molar-refractivity contribution is 6.31. The van der Waals surface area contributed by atoms with Crippen molar-refractivity contribution in [1.82, 2.24) is 14.9 Å². The van der Waals surface area contributed by atoms with Crippen LogP contribution in [0.1, 0.15) is 33.6 Å². The number of piperazine rings is 1. The average Bonchev–Trinajstić information content (AvgIpc) is 2.53. The van der Waals surface area contributed by atoms with E-state index in [2.05, 4.69) is 10.0 Å². The molecule has 1 N–H and O–H groups in total. The summed E-state index contributed by atoms with van der Waals surface area (Å²) < 4.78 is 5.45. The molecule has 24 heavy (non-hydrogen) atoms. The maximum atomic E-state index is 12.1. The van der Waals surface area contributed by atoms with Gasteiger partial charge in [-0.05, 0) is 33.6 Å². The Bertz CT molecular complexity index is 486. The number of esters is 1. The first kappa shape index (κ1) is 18.7. The van der Waals surface area contributed by atoms with Crippen molar-refractivity contribution in [2.45, 2.75) is 39.2 Å². The summed E-state index contributed by atoms with van der Waals surface area (Å²) in [5.41, 5.74) is -0.457. The Balaban J connectivity index is 1.77. The largest absolute Gasteiger partial charge is 0.474 e. The molecular weight excluding hydrogens is 314 g/mol. The molecule has 0 aromatic heterocycles. The molecule has 2 saturated heterocycles. The van der Waals surface area contributed by atoms with Crippen molar-refractivity contribution < 1.29 is 24.2 Å². The van der Waals surface area contributed by atoms with Gasteiger partial charge in [0.2, 0.25) is 0 Å². The minimum atomic E-state index is -1.40. The van der Waals surface area contributed by atoms with Crippen LogP contribution in [0.2, 0.25) is 0 Å². The first-order chi connectivity index (χ1) is 11.2. The number of rotatable bonds is 2. The lowest BCUT2D eigenvalue weighted by molar-refractivity contribution is -0.165. The van der Waals surface area contributed by atoms with Crippen LogP contribution in [0.5, 0.6) is 0 Å². The molecule has 0 saturated carbocycles. The van der Waals surface area contributed by atoms with Gasteiger partial charge in [-0.1, -0.05) is 0 Å². The molecule has 8 heteroatoms. The van der Waals surface area contributed by atoms with Gasteiger partial charge < -0.3 is 14.7 Å². The normalized spacial score (nSPS) is 21.5. The molecule has 8 nitrogen and oxygen atoms in total. The number of carboxylic acids is 1. The van der Waals surface area contributed by atoms with Gasteiger partial charge in [0.25, 0.3) is 0 Å². The molecule has 0 spiro atoms. The number of piperidine rings is 1.